The molecule has 88 valence electrons. The van der Waals surface area contributed by atoms with Gasteiger partial charge in [-0.15, -0.1) is 0 Å². The lowest BCUT2D eigenvalue weighted by atomic mass is 9.94. The maximum atomic E-state index is 3.46. The molecular weight excluding hydrogens is 196 g/mol. The molecule has 0 amide bonds. The monoisotopic (exact) mass is 218 g/mol. The van der Waals surface area contributed by atoms with Crippen LogP contribution >= 0.6 is 0 Å². The zero-order chi connectivity index (χ0) is 11.5. The second-order valence-electron chi connectivity index (χ2n) is 4.83. The largest absolute Gasteiger partial charge is 0.377 e. The van der Waals surface area contributed by atoms with Crippen molar-refractivity contribution >= 4 is 5.69 Å². The van der Waals surface area contributed by atoms with E-state index in [0.29, 0.717) is 5.92 Å². The highest BCUT2D eigenvalue weighted by molar-refractivity contribution is 5.56. The van der Waals surface area contributed by atoms with E-state index < -0.39 is 0 Å². The van der Waals surface area contributed by atoms with Gasteiger partial charge in [0.05, 0.1) is 0 Å². The van der Waals surface area contributed by atoms with E-state index in [1.54, 1.807) is 0 Å². The minimum absolute atomic E-state index is 0.698. The Morgan fingerprint density at radius 1 is 1.38 bits per heavy atom. The van der Waals surface area contributed by atoms with Gasteiger partial charge in [-0.2, -0.15) is 0 Å². The second-order valence-corrected chi connectivity index (χ2v) is 4.83. The summed E-state index contributed by atoms with van der Waals surface area (Å²) in [6.45, 7) is 4.52. The number of nitrogens with one attached hydrogen (secondary N) is 1. The maximum Gasteiger partial charge on any atom is 0.0397 e. The van der Waals surface area contributed by atoms with E-state index in [9.17, 15) is 0 Å². The van der Waals surface area contributed by atoms with Crippen LogP contribution in [0.5, 0.6) is 0 Å². The van der Waals surface area contributed by atoms with E-state index in [0.717, 1.165) is 19.5 Å². The summed E-state index contributed by atoms with van der Waals surface area (Å²) in [6.07, 6.45) is 2.40. The first-order valence-electron chi connectivity index (χ1n) is 6.23. The van der Waals surface area contributed by atoms with Gasteiger partial charge in [0.25, 0.3) is 0 Å². The fraction of sp³-hybridized carbons (Fsp3) is 0.571. The molecule has 0 bridgehead atoms. The molecule has 0 aliphatic carbocycles. The molecule has 1 fully saturated rings. The summed E-state index contributed by atoms with van der Waals surface area (Å²) < 4.78 is 0. The van der Waals surface area contributed by atoms with Crippen LogP contribution in [0.25, 0.3) is 0 Å². The highest BCUT2D eigenvalue weighted by Gasteiger charge is 2.20. The average Bonchev–Trinajstić information content (AvgIpc) is 2.81. The number of hydrogen-bond acceptors (Lipinski definition) is 2. The third-order valence-electron chi connectivity index (χ3n) is 3.48. The molecule has 1 aromatic rings. The summed E-state index contributed by atoms with van der Waals surface area (Å²) in [6, 6.07) is 6.92. The number of benzene rings is 1. The maximum absolute atomic E-state index is 3.46. The van der Waals surface area contributed by atoms with Gasteiger partial charge in [-0.25, -0.2) is 0 Å². The lowest BCUT2D eigenvalue weighted by molar-refractivity contribution is 0.758. The summed E-state index contributed by atoms with van der Waals surface area (Å²) in [4.78, 5) is 2.23. The van der Waals surface area contributed by atoms with Crippen LogP contribution in [-0.4, -0.2) is 27.2 Å². The van der Waals surface area contributed by atoms with Crippen LogP contribution < -0.4 is 10.2 Å². The van der Waals surface area contributed by atoms with Crippen molar-refractivity contribution in [1.82, 2.24) is 5.32 Å². The molecule has 0 saturated carbocycles. The first-order valence-corrected chi connectivity index (χ1v) is 6.23. The first kappa shape index (κ1) is 11.5. The van der Waals surface area contributed by atoms with Gasteiger partial charge in [-0.05, 0) is 42.5 Å². The SMILES string of the molecule is CCc1ccc(N(C)C)c(C2CCNC2)c1. The lowest BCUT2D eigenvalue weighted by Crippen LogP contribution is -2.15. The molecular formula is C14H22N2. The Balaban J connectivity index is 2.37. The van der Waals surface area contributed by atoms with Crippen LogP contribution in [-0.2, 0) is 6.42 Å². The minimum atomic E-state index is 0.698. The van der Waals surface area contributed by atoms with Gasteiger partial charge in [0.1, 0.15) is 0 Å². The summed E-state index contributed by atoms with van der Waals surface area (Å²) in [5.41, 5.74) is 4.35. The molecule has 1 aromatic carbocycles. The van der Waals surface area contributed by atoms with Crippen LogP contribution in [0.2, 0.25) is 0 Å². The van der Waals surface area contributed by atoms with Crippen molar-refractivity contribution < 1.29 is 0 Å². The van der Waals surface area contributed by atoms with Crippen LogP contribution in [0.15, 0.2) is 18.2 Å². The van der Waals surface area contributed by atoms with E-state index in [1.165, 1.54) is 23.2 Å². The van der Waals surface area contributed by atoms with Crippen molar-refractivity contribution in [3.05, 3.63) is 29.3 Å². The number of rotatable bonds is 3. The number of aryl methyl sites for hydroxylation is 1. The van der Waals surface area contributed by atoms with Gasteiger partial charge in [0.15, 0.2) is 0 Å². The molecule has 0 aromatic heterocycles. The lowest BCUT2D eigenvalue weighted by Gasteiger charge is -2.21. The predicted octanol–water partition coefficient (Wildman–Crippen LogP) is 2.39. The molecule has 2 nitrogen and oxygen atoms in total. The standard InChI is InChI=1S/C14H22N2/c1-4-11-5-6-14(16(2)3)13(9-11)12-7-8-15-10-12/h5-6,9,12,15H,4,7-8,10H2,1-3H3. The molecule has 1 N–H and O–H groups in total. The molecule has 1 heterocycles. The topological polar surface area (TPSA) is 15.3 Å². The van der Waals surface area contributed by atoms with Crippen LogP contribution in [0.4, 0.5) is 5.69 Å². The first-order chi connectivity index (χ1) is 7.72. The Morgan fingerprint density at radius 2 is 2.19 bits per heavy atom. The number of nitrogens with zero attached hydrogens (tertiary/aromatic N) is 1. The van der Waals surface area contributed by atoms with Crippen molar-refractivity contribution in [3.63, 3.8) is 0 Å². The van der Waals surface area contributed by atoms with Crippen LogP contribution in [0.3, 0.4) is 0 Å². The normalized spacial score (nSPS) is 20.1. The van der Waals surface area contributed by atoms with Crippen LogP contribution in [0.1, 0.15) is 30.4 Å². The summed E-state index contributed by atoms with van der Waals surface area (Å²) in [7, 11) is 4.26. The van der Waals surface area contributed by atoms with Crippen molar-refractivity contribution in [2.45, 2.75) is 25.7 Å². The fourth-order valence-electron chi connectivity index (χ4n) is 2.48. The van der Waals surface area contributed by atoms with Crippen molar-refractivity contribution in [3.8, 4) is 0 Å². The minimum Gasteiger partial charge on any atom is -0.377 e. The van der Waals surface area contributed by atoms with E-state index in [2.05, 4.69) is 49.4 Å². The van der Waals surface area contributed by atoms with E-state index >= 15 is 0 Å². The Hall–Kier alpha value is -1.02. The van der Waals surface area contributed by atoms with E-state index in [4.69, 9.17) is 0 Å². The van der Waals surface area contributed by atoms with Gasteiger partial charge in [0.2, 0.25) is 0 Å². The van der Waals surface area contributed by atoms with E-state index in [-0.39, 0.29) is 0 Å². The van der Waals surface area contributed by atoms with E-state index in [1.807, 2.05) is 0 Å². The molecule has 1 aliphatic heterocycles. The van der Waals surface area contributed by atoms with Crippen LogP contribution in [0, 0.1) is 0 Å². The Bertz CT molecular complexity index is 352. The third kappa shape index (κ3) is 2.22. The second kappa shape index (κ2) is 4.88. The van der Waals surface area contributed by atoms with Gasteiger partial charge in [-0.1, -0.05) is 19.1 Å². The zero-order valence-corrected chi connectivity index (χ0v) is 10.6. The highest BCUT2D eigenvalue weighted by Crippen LogP contribution is 2.31. The summed E-state index contributed by atoms with van der Waals surface area (Å²) in [5, 5.41) is 3.46. The summed E-state index contributed by atoms with van der Waals surface area (Å²) >= 11 is 0. The molecule has 2 heteroatoms. The van der Waals surface area contributed by atoms with Gasteiger partial charge in [0, 0.05) is 26.3 Å². The Morgan fingerprint density at radius 3 is 2.75 bits per heavy atom. The molecule has 2 rings (SSSR count). The quantitative estimate of drug-likeness (QED) is 0.838. The molecule has 1 saturated heterocycles. The molecule has 0 spiro atoms. The molecule has 1 atom stereocenters. The molecule has 16 heavy (non-hydrogen) atoms. The molecule has 0 radical (unpaired) electrons. The van der Waals surface area contributed by atoms with Crippen molar-refractivity contribution in [2.75, 3.05) is 32.1 Å². The Labute approximate surface area is 98.7 Å². The van der Waals surface area contributed by atoms with Crippen molar-refractivity contribution in [2.24, 2.45) is 0 Å². The Kier molecular flexibility index (Phi) is 3.49. The zero-order valence-electron chi connectivity index (χ0n) is 10.6. The van der Waals surface area contributed by atoms with Gasteiger partial charge >= 0.3 is 0 Å². The summed E-state index contributed by atoms with van der Waals surface area (Å²) in [5.74, 6) is 0.698. The number of anilines is 1. The average molecular weight is 218 g/mol. The third-order valence-corrected chi connectivity index (χ3v) is 3.48. The molecule has 1 unspecified atom stereocenters. The fourth-order valence-corrected chi connectivity index (χ4v) is 2.48. The number of hydrogen-bond donors (Lipinski definition) is 1. The highest BCUT2D eigenvalue weighted by atomic mass is 15.1. The van der Waals surface area contributed by atoms with Gasteiger partial charge < -0.3 is 10.2 Å². The van der Waals surface area contributed by atoms with Gasteiger partial charge in [-0.3, -0.25) is 0 Å². The van der Waals surface area contributed by atoms with Crippen molar-refractivity contribution in [1.29, 1.82) is 0 Å². The smallest absolute Gasteiger partial charge is 0.0397 e. The molecule has 1 aliphatic rings. The predicted molar refractivity (Wildman–Crippen MR) is 70.4 cm³/mol.